The van der Waals surface area contributed by atoms with E-state index in [1.807, 2.05) is 13.0 Å². The number of ether oxygens (including phenoxy) is 2. The minimum Gasteiger partial charge on any atom is -0.496 e. The Balaban J connectivity index is 1.64. The largest absolute Gasteiger partial charge is 0.496 e. The van der Waals surface area contributed by atoms with Gasteiger partial charge < -0.3 is 24.6 Å². The zero-order valence-corrected chi connectivity index (χ0v) is 16.9. The van der Waals surface area contributed by atoms with E-state index in [1.165, 1.54) is 0 Å². The van der Waals surface area contributed by atoms with Crippen LogP contribution in [0, 0.1) is 18.8 Å². The third-order valence-electron chi connectivity index (χ3n) is 6.19. The zero-order valence-electron chi connectivity index (χ0n) is 16.9. The molecule has 27 heavy (non-hydrogen) atoms. The Morgan fingerprint density at radius 1 is 1.04 bits per heavy atom. The van der Waals surface area contributed by atoms with Crippen LogP contribution in [-0.2, 0) is 6.54 Å². The molecule has 2 N–H and O–H groups in total. The Morgan fingerprint density at radius 3 is 2.37 bits per heavy atom. The Labute approximate surface area is 162 Å². The van der Waals surface area contributed by atoms with Crippen LogP contribution in [0.1, 0.15) is 24.0 Å². The molecule has 2 fully saturated rings. The molecule has 2 atom stereocenters. The van der Waals surface area contributed by atoms with Crippen LogP contribution in [0.2, 0.25) is 0 Å². The van der Waals surface area contributed by atoms with Crippen LogP contribution in [0.5, 0.6) is 11.5 Å². The molecule has 6 heteroatoms. The molecular weight excluding hydrogens is 344 g/mol. The highest BCUT2D eigenvalue weighted by molar-refractivity contribution is 5.49. The van der Waals surface area contributed by atoms with Gasteiger partial charge >= 0.3 is 0 Å². The highest BCUT2D eigenvalue weighted by Gasteiger charge is 2.34. The van der Waals surface area contributed by atoms with Gasteiger partial charge in [-0.05, 0) is 37.7 Å². The van der Waals surface area contributed by atoms with Crippen molar-refractivity contribution in [2.45, 2.75) is 32.4 Å². The highest BCUT2D eigenvalue weighted by Crippen LogP contribution is 2.34. The monoisotopic (exact) mass is 378 g/mol. The summed E-state index contributed by atoms with van der Waals surface area (Å²) in [6.07, 6.45) is 1.59. The Kier molecular flexibility index (Phi) is 6.98. The number of piperidine rings is 1. The van der Waals surface area contributed by atoms with E-state index in [4.69, 9.17) is 9.47 Å². The Bertz CT molecular complexity index is 616. The standard InChI is InChI=1S/C21H34N2O4/c1-15-20(26-2)5-4-16(21(15)27-3)10-23-12-17(18(13-23)14-24)11-22-8-6-19(25)7-9-22/h4-5,17-19,24-25H,6-14H2,1-3H3/t17-,18-/m1/s1. The van der Waals surface area contributed by atoms with E-state index in [-0.39, 0.29) is 12.7 Å². The fraction of sp³-hybridized carbons (Fsp3) is 0.714. The summed E-state index contributed by atoms with van der Waals surface area (Å²) in [6.45, 7) is 7.89. The third kappa shape index (κ3) is 4.74. The zero-order chi connectivity index (χ0) is 19.4. The quantitative estimate of drug-likeness (QED) is 0.750. The van der Waals surface area contributed by atoms with Crippen LogP contribution in [-0.4, -0.2) is 79.7 Å². The summed E-state index contributed by atoms with van der Waals surface area (Å²) in [5, 5.41) is 19.6. The molecule has 1 aromatic rings. The first-order valence-electron chi connectivity index (χ1n) is 9.99. The fourth-order valence-corrected chi connectivity index (χ4v) is 4.61. The van der Waals surface area contributed by atoms with Gasteiger partial charge in [0.05, 0.1) is 20.3 Å². The van der Waals surface area contributed by atoms with Gasteiger partial charge in [0, 0.05) is 57.0 Å². The SMILES string of the molecule is COc1ccc(CN2C[C@@H](CN3CCC(O)CC3)[C@@H](CO)C2)c(OC)c1C. The smallest absolute Gasteiger partial charge is 0.129 e. The second-order valence-electron chi connectivity index (χ2n) is 8.01. The normalized spacial score (nSPS) is 25.1. The Hall–Kier alpha value is -1.34. The van der Waals surface area contributed by atoms with Crippen molar-refractivity contribution in [2.75, 3.05) is 53.6 Å². The number of aliphatic hydroxyl groups excluding tert-OH is 2. The summed E-state index contributed by atoms with van der Waals surface area (Å²) in [4.78, 5) is 4.87. The second kappa shape index (κ2) is 9.24. The lowest BCUT2D eigenvalue weighted by Crippen LogP contribution is -2.40. The summed E-state index contributed by atoms with van der Waals surface area (Å²) < 4.78 is 11.1. The molecule has 0 unspecified atom stereocenters. The van der Waals surface area contributed by atoms with E-state index in [0.717, 1.165) is 74.7 Å². The summed E-state index contributed by atoms with van der Waals surface area (Å²) in [5.74, 6) is 2.51. The number of rotatable bonds is 7. The summed E-state index contributed by atoms with van der Waals surface area (Å²) in [6, 6.07) is 4.08. The molecule has 2 aliphatic rings. The number of benzene rings is 1. The average molecular weight is 379 g/mol. The molecule has 0 aliphatic carbocycles. The first-order chi connectivity index (χ1) is 13.0. The molecule has 0 aromatic heterocycles. The van der Waals surface area contributed by atoms with Crippen LogP contribution in [0.4, 0.5) is 0 Å². The molecule has 0 amide bonds. The minimum absolute atomic E-state index is 0.138. The van der Waals surface area contributed by atoms with E-state index in [2.05, 4.69) is 15.9 Å². The van der Waals surface area contributed by atoms with Crippen molar-refractivity contribution in [3.05, 3.63) is 23.3 Å². The number of methoxy groups -OCH3 is 2. The summed E-state index contributed by atoms with van der Waals surface area (Å²) in [7, 11) is 3.39. The van der Waals surface area contributed by atoms with Crippen molar-refractivity contribution in [3.8, 4) is 11.5 Å². The molecule has 0 bridgehead atoms. The van der Waals surface area contributed by atoms with Gasteiger partial charge in [-0.1, -0.05) is 6.07 Å². The molecular formula is C21H34N2O4. The lowest BCUT2D eigenvalue weighted by Gasteiger charge is -2.32. The molecule has 152 valence electrons. The van der Waals surface area contributed by atoms with Crippen LogP contribution in [0.15, 0.2) is 12.1 Å². The molecule has 1 aromatic carbocycles. The van der Waals surface area contributed by atoms with Crippen molar-refractivity contribution in [1.29, 1.82) is 0 Å². The predicted molar refractivity (Wildman–Crippen MR) is 105 cm³/mol. The number of aliphatic hydroxyl groups is 2. The van der Waals surface area contributed by atoms with Crippen molar-refractivity contribution in [1.82, 2.24) is 9.80 Å². The minimum atomic E-state index is -0.138. The van der Waals surface area contributed by atoms with Gasteiger partial charge in [-0.3, -0.25) is 4.90 Å². The van der Waals surface area contributed by atoms with E-state index in [1.54, 1.807) is 14.2 Å². The third-order valence-corrected chi connectivity index (χ3v) is 6.19. The second-order valence-corrected chi connectivity index (χ2v) is 8.01. The average Bonchev–Trinajstić information content (AvgIpc) is 3.05. The number of hydrogen-bond acceptors (Lipinski definition) is 6. The van der Waals surface area contributed by atoms with Gasteiger partial charge in [-0.15, -0.1) is 0 Å². The number of nitrogens with zero attached hydrogens (tertiary/aromatic N) is 2. The van der Waals surface area contributed by atoms with Crippen LogP contribution in [0.25, 0.3) is 0 Å². The molecule has 3 rings (SSSR count). The lowest BCUT2D eigenvalue weighted by atomic mass is 9.95. The van der Waals surface area contributed by atoms with Gasteiger partial charge in [0.25, 0.3) is 0 Å². The molecule has 2 aliphatic heterocycles. The van der Waals surface area contributed by atoms with Crippen LogP contribution in [0.3, 0.4) is 0 Å². The van der Waals surface area contributed by atoms with Crippen molar-refractivity contribution in [2.24, 2.45) is 11.8 Å². The molecule has 0 saturated carbocycles. The maximum atomic E-state index is 9.88. The molecule has 0 radical (unpaired) electrons. The van der Waals surface area contributed by atoms with Gasteiger partial charge in [0.1, 0.15) is 11.5 Å². The predicted octanol–water partition coefficient (Wildman–Crippen LogP) is 1.51. The van der Waals surface area contributed by atoms with Gasteiger partial charge in [-0.2, -0.15) is 0 Å². The molecule has 0 spiro atoms. The fourth-order valence-electron chi connectivity index (χ4n) is 4.61. The lowest BCUT2D eigenvalue weighted by molar-refractivity contribution is 0.0684. The van der Waals surface area contributed by atoms with E-state index < -0.39 is 0 Å². The van der Waals surface area contributed by atoms with Gasteiger partial charge in [0.2, 0.25) is 0 Å². The number of likely N-dealkylation sites (tertiary alicyclic amines) is 2. The summed E-state index contributed by atoms with van der Waals surface area (Å²) in [5.41, 5.74) is 2.19. The molecule has 2 saturated heterocycles. The van der Waals surface area contributed by atoms with Crippen molar-refractivity contribution < 1.29 is 19.7 Å². The summed E-state index contributed by atoms with van der Waals surface area (Å²) >= 11 is 0. The van der Waals surface area contributed by atoms with E-state index in [9.17, 15) is 10.2 Å². The maximum Gasteiger partial charge on any atom is 0.129 e. The first-order valence-corrected chi connectivity index (χ1v) is 9.99. The van der Waals surface area contributed by atoms with Crippen molar-refractivity contribution >= 4 is 0 Å². The Morgan fingerprint density at radius 2 is 1.74 bits per heavy atom. The topological polar surface area (TPSA) is 65.4 Å². The highest BCUT2D eigenvalue weighted by atomic mass is 16.5. The van der Waals surface area contributed by atoms with Gasteiger partial charge in [0.15, 0.2) is 0 Å². The van der Waals surface area contributed by atoms with Crippen LogP contribution >= 0.6 is 0 Å². The van der Waals surface area contributed by atoms with Crippen LogP contribution < -0.4 is 9.47 Å². The van der Waals surface area contributed by atoms with Crippen molar-refractivity contribution in [3.63, 3.8) is 0 Å². The van der Waals surface area contributed by atoms with E-state index in [0.29, 0.717) is 11.8 Å². The molecule has 6 nitrogen and oxygen atoms in total. The first kappa shape index (κ1) is 20.4. The molecule has 2 heterocycles. The van der Waals surface area contributed by atoms with E-state index >= 15 is 0 Å². The maximum absolute atomic E-state index is 9.88. The van der Waals surface area contributed by atoms with Gasteiger partial charge in [-0.25, -0.2) is 0 Å². The number of hydrogen-bond donors (Lipinski definition) is 2.